The van der Waals surface area contributed by atoms with E-state index in [0.717, 1.165) is 5.56 Å². The largest absolute Gasteiger partial charge is 0.480 e. The van der Waals surface area contributed by atoms with Gasteiger partial charge in [-0.15, -0.1) is 0 Å². The highest BCUT2D eigenvalue weighted by molar-refractivity contribution is 5.94. The number of hydrogen-bond donors (Lipinski definition) is 4. The molecule has 0 bridgehead atoms. The molecule has 1 fully saturated rings. The van der Waals surface area contributed by atoms with Gasteiger partial charge in [0.15, 0.2) is 0 Å². The summed E-state index contributed by atoms with van der Waals surface area (Å²) >= 11 is 0. The Bertz CT molecular complexity index is 724. The maximum atomic E-state index is 12.8. The molecule has 1 heterocycles. The Labute approximate surface area is 163 Å². The van der Waals surface area contributed by atoms with Crippen LogP contribution in [0.5, 0.6) is 0 Å². The van der Waals surface area contributed by atoms with E-state index in [1.165, 1.54) is 11.8 Å². The lowest BCUT2D eigenvalue weighted by molar-refractivity contribution is -0.142. The lowest BCUT2D eigenvalue weighted by Gasteiger charge is -2.26. The summed E-state index contributed by atoms with van der Waals surface area (Å²) < 4.78 is 0. The van der Waals surface area contributed by atoms with E-state index in [-0.39, 0.29) is 18.9 Å². The van der Waals surface area contributed by atoms with E-state index in [9.17, 15) is 19.2 Å². The van der Waals surface area contributed by atoms with Gasteiger partial charge in [-0.1, -0.05) is 30.3 Å². The molecule has 1 aromatic rings. The second-order valence-corrected chi connectivity index (χ2v) is 6.77. The number of carboxylic acids is 1. The van der Waals surface area contributed by atoms with Crippen LogP contribution in [0, 0.1) is 0 Å². The number of likely N-dealkylation sites (tertiary alicyclic amines) is 1. The first-order chi connectivity index (χ1) is 13.3. The van der Waals surface area contributed by atoms with Gasteiger partial charge in [-0.05, 0) is 25.3 Å². The van der Waals surface area contributed by atoms with E-state index in [0.29, 0.717) is 19.4 Å². The second-order valence-electron chi connectivity index (χ2n) is 6.77. The number of nitrogens with zero attached hydrogens (tertiary/aromatic N) is 1. The number of carboxylic acid groups (broad SMARTS) is 1. The van der Waals surface area contributed by atoms with Crippen molar-refractivity contribution in [2.24, 2.45) is 5.73 Å². The summed E-state index contributed by atoms with van der Waals surface area (Å²) in [5.74, 6) is -2.53. The fourth-order valence-corrected chi connectivity index (χ4v) is 3.16. The zero-order valence-corrected chi connectivity index (χ0v) is 15.8. The minimum Gasteiger partial charge on any atom is -0.480 e. The van der Waals surface area contributed by atoms with Crippen molar-refractivity contribution in [1.82, 2.24) is 15.5 Å². The molecule has 28 heavy (non-hydrogen) atoms. The molecule has 5 N–H and O–H groups in total. The number of hydrogen-bond acceptors (Lipinski definition) is 5. The van der Waals surface area contributed by atoms with Crippen molar-refractivity contribution in [2.75, 3.05) is 13.1 Å². The standard InChI is InChI=1S/C19H26N4O5/c1-12(19(27)28)21-17(25)14(10-13-6-3-2-4-7-13)22-18(26)15-8-5-9-23(15)16(24)11-20/h2-4,6-7,12,14-15H,5,8-11,20H2,1H3,(H,21,25)(H,22,26)(H,27,28). The molecule has 1 saturated heterocycles. The van der Waals surface area contributed by atoms with Gasteiger partial charge in [-0.3, -0.25) is 19.2 Å². The Kier molecular flexibility index (Phi) is 7.51. The summed E-state index contributed by atoms with van der Waals surface area (Å²) in [7, 11) is 0. The predicted octanol–water partition coefficient (Wildman–Crippen LogP) is -0.747. The fraction of sp³-hybridized carbons (Fsp3) is 0.474. The zero-order valence-electron chi connectivity index (χ0n) is 15.8. The van der Waals surface area contributed by atoms with Gasteiger partial charge in [-0.25, -0.2) is 0 Å². The van der Waals surface area contributed by atoms with Crippen LogP contribution in [0.15, 0.2) is 30.3 Å². The van der Waals surface area contributed by atoms with Crippen LogP contribution in [0.4, 0.5) is 0 Å². The van der Waals surface area contributed by atoms with Crippen molar-refractivity contribution < 1.29 is 24.3 Å². The second kappa shape index (κ2) is 9.84. The molecule has 0 saturated carbocycles. The smallest absolute Gasteiger partial charge is 0.325 e. The average Bonchev–Trinajstić information content (AvgIpc) is 3.17. The number of nitrogens with two attached hydrogens (primary N) is 1. The van der Waals surface area contributed by atoms with Crippen LogP contribution in [-0.4, -0.2) is 64.9 Å². The minimum atomic E-state index is -1.17. The topological polar surface area (TPSA) is 142 Å². The first-order valence-electron chi connectivity index (χ1n) is 9.20. The molecule has 9 nitrogen and oxygen atoms in total. The van der Waals surface area contributed by atoms with Gasteiger partial charge in [0.25, 0.3) is 0 Å². The third-order valence-electron chi connectivity index (χ3n) is 4.70. The monoisotopic (exact) mass is 390 g/mol. The van der Waals surface area contributed by atoms with Crippen LogP contribution in [0.25, 0.3) is 0 Å². The van der Waals surface area contributed by atoms with Crippen LogP contribution in [0.2, 0.25) is 0 Å². The molecular formula is C19H26N4O5. The molecule has 3 atom stereocenters. The maximum Gasteiger partial charge on any atom is 0.325 e. The molecule has 3 unspecified atom stereocenters. The fourth-order valence-electron chi connectivity index (χ4n) is 3.16. The molecule has 1 aliphatic heterocycles. The van der Waals surface area contributed by atoms with Crippen LogP contribution in [-0.2, 0) is 25.6 Å². The van der Waals surface area contributed by atoms with E-state index in [1.807, 2.05) is 30.3 Å². The van der Waals surface area contributed by atoms with Crippen molar-refractivity contribution >= 4 is 23.7 Å². The molecule has 1 aromatic carbocycles. The molecule has 0 aliphatic carbocycles. The first kappa shape index (κ1) is 21.4. The number of rotatable bonds is 8. The first-order valence-corrected chi connectivity index (χ1v) is 9.20. The summed E-state index contributed by atoms with van der Waals surface area (Å²) in [4.78, 5) is 49.8. The lowest BCUT2D eigenvalue weighted by atomic mass is 10.0. The third kappa shape index (κ3) is 5.53. The van der Waals surface area contributed by atoms with E-state index < -0.39 is 35.9 Å². The molecule has 0 aromatic heterocycles. The normalized spacial score (nSPS) is 18.2. The number of carbonyl (C=O) groups excluding carboxylic acids is 3. The van der Waals surface area contributed by atoms with Gasteiger partial charge in [0, 0.05) is 13.0 Å². The molecule has 0 radical (unpaired) electrons. The number of aliphatic carboxylic acids is 1. The average molecular weight is 390 g/mol. The van der Waals surface area contributed by atoms with Gasteiger partial charge in [0.1, 0.15) is 18.1 Å². The summed E-state index contributed by atoms with van der Waals surface area (Å²) in [5, 5.41) is 14.1. The quantitative estimate of drug-likeness (QED) is 0.460. The molecule has 1 aliphatic rings. The molecule has 3 amide bonds. The van der Waals surface area contributed by atoms with Crippen molar-refractivity contribution in [3.8, 4) is 0 Å². The van der Waals surface area contributed by atoms with Crippen LogP contribution in [0.1, 0.15) is 25.3 Å². The van der Waals surface area contributed by atoms with E-state index in [2.05, 4.69) is 10.6 Å². The van der Waals surface area contributed by atoms with Gasteiger partial charge < -0.3 is 26.4 Å². The maximum absolute atomic E-state index is 12.8. The highest BCUT2D eigenvalue weighted by Gasteiger charge is 2.35. The Hall–Kier alpha value is -2.94. The molecule has 0 spiro atoms. The van der Waals surface area contributed by atoms with Gasteiger partial charge in [0.2, 0.25) is 17.7 Å². The Morgan fingerprint density at radius 1 is 1.21 bits per heavy atom. The molecular weight excluding hydrogens is 364 g/mol. The Morgan fingerprint density at radius 3 is 2.50 bits per heavy atom. The lowest BCUT2D eigenvalue weighted by Crippen LogP contribution is -2.56. The highest BCUT2D eigenvalue weighted by atomic mass is 16.4. The number of benzene rings is 1. The van der Waals surface area contributed by atoms with Crippen molar-refractivity contribution in [2.45, 2.75) is 44.3 Å². The molecule has 2 rings (SSSR count). The number of carbonyl (C=O) groups is 4. The SMILES string of the molecule is CC(NC(=O)C(Cc1ccccc1)NC(=O)C1CCCN1C(=O)CN)C(=O)O. The molecule has 9 heteroatoms. The number of amides is 3. The van der Waals surface area contributed by atoms with Crippen LogP contribution >= 0.6 is 0 Å². The Balaban J connectivity index is 2.13. The van der Waals surface area contributed by atoms with Gasteiger partial charge >= 0.3 is 5.97 Å². The summed E-state index contributed by atoms with van der Waals surface area (Å²) in [6.45, 7) is 1.60. The van der Waals surface area contributed by atoms with E-state index >= 15 is 0 Å². The van der Waals surface area contributed by atoms with Gasteiger partial charge in [0.05, 0.1) is 6.54 Å². The van der Waals surface area contributed by atoms with E-state index in [1.54, 1.807) is 0 Å². The van der Waals surface area contributed by atoms with Gasteiger partial charge in [-0.2, -0.15) is 0 Å². The van der Waals surface area contributed by atoms with Crippen LogP contribution in [0.3, 0.4) is 0 Å². The Morgan fingerprint density at radius 2 is 1.89 bits per heavy atom. The van der Waals surface area contributed by atoms with Crippen molar-refractivity contribution in [3.05, 3.63) is 35.9 Å². The number of nitrogens with one attached hydrogen (secondary N) is 2. The van der Waals surface area contributed by atoms with Crippen molar-refractivity contribution in [3.63, 3.8) is 0 Å². The van der Waals surface area contributed by atoms with Crippen molar-refractivity contribution in [1.29, 1.82) is 0 Å². The van der Waals surface area contributed by atoms with Crippen LogP contribution < -0.4 is 16.4 Å². The highest BCUT2D eigenvalue weighted by Crippen LogP contribution is 2.18. The zero-order chi connectivity index (χ0) is 20.7. The van der Waals surface area contributed by atoms with E-state index in [4.69, 9.17) is 10.8 Å². The summed E-state index contributed by atoms with van der Waals surface area (Å²) in [6.07, 6.45) is 1.36. The predicted molar refractivity (Wildman–Crippen MR) is 101 cm³/mol. The summed E-state index contributed by atoms with van der Waals surface area (Å²) in [5.41, 5.74) is 6.22. The third-order valence-corrected chi connectivity index (χ3v) is 4.70. The summed E-state index contributed by atoms with van der Waals surface area (Å²) in [6, 6.07) is 6.34. The minimum absolute atomic E-state index is 0.187. The molecule has 152 valence electrons.